The van der Waals surface area contributed by atoms with Crippen molar-refractivity contribution in [2.45, 2.75) is 32.7 Å². The summed E-state index contributed by atoms with van der Waals surface area (Å²) in [6, 6.07) is 10.7. The van der Waals surface area contributed by atoms with Gasteiger partial charge in [-0.15, -0.1) is 0 Å². The van der Waals surface area contributed by atoms with Crippen LogP contribution in [0.15, 0.2) is 35.3 Å². The van der Waals surface area contributed by atoms with E-state index < -0.39 is 0 Å². The van der Waals surface area contributed by atoms with Crippen LogP contribution in [0.2, 0.25) is 0 Å². The Morgan fingerprint density at radius 3 is 2.73 bits per heavy atom. The molecule has 0 amide bonds. The zero-order valence-corrected chi connectivity index (χ0v) is 16.4. The van der Waals surface area contributed by atoms with Crippen molar-refractivity contribution in [3.05, 3.63) is 30.3 Å². The first-order valence-corrected chi connectivity index (χ1v) is 9.59. The summed E-state index contributed by atoms with van der Waals surface area (Å²) in [5, 5.41) is 16.1. The minimum Gasteiger partial charge on any atom is -0.396 e. The van der Waals surface area contributed by atoms with Crippen LogP contribution < -0.4 is 15.5 Å². The highest BCUT2D eigenvalue weighted by Crippen LogP contribution is 2.32. The zero-order valence-electron chi connectivity index (χ0n) is 16.4. The van der Waals surface area contributed by atoms with Crippen LogP contribution in [0.3, 0.4) is 0 Å². The van der Waals surface area contributed by atoms with E-state index in [-0.39, 0.29) is 12.0 Å². The molecule has 1 fully saturated rings. The van der Waals surface area contributed by atoms with E-state index in [9.17, 15) is 5.11 Å². The Morgan fingerprint density at radius 2 is 2.12 bits per heavy atom. The van der Waals surface area contributed by atoms with Crippen LogP contribution in [0.25, 0.3) is 0 Å². The smallest absolute Gasteiger partial charge is 0.191 e. The summed E-state index contributed by atoms with van der Waals surface area (Å²) < 4.78 is 5.56. The molecule has 26 heavy (non-hydrogen) atoms. The summed E-state index contributed by atoms with van der Waals surface area (Å²) in [5.74, 6) is 0.824. The van der Waals surface area contributed by atoms with Crippen molar-refractivity contribution >= 4 is 11.6 Å². The molecular weight excluding hydrogens is 328 g/mol. The molecular formula is C20H34N4O2. The molecule has 1 aromatic rings. The minimum absolute atomic E-state index is 0.0243. The summed E-state index contributed by atoms with van der Waals surface area (Å²) in [6.45, 7) is 8.18. The van der Waals surface area contributed by atoms with Crippen molar-refractivity contribution in [2.75, 3.05) is 51.4 Å². The SMILES string of the molecule is CCNC(=NCC1(CCO)CCOC1)NCC(C)N(C)c1ccccc1. The number of aliphatic imine (C=N–C) groups is 1. The monoisotopic (exact) mass is 362 g/mol. The number of nitrogens with zero attached hydrogens (tertiary/aromatic N) is 2. The molecule has 0 aliphatic carbocycles. The van der Waals surface area contributed by atoms with Crippen molar-refractivity contribution in [3.8, 4) is 0 Å². The van der Waals surface area contributed by atoms with E-state index in [1.165, 1.54) is 5.69 Å². The van der Waals surface area contributed by atoms with E-state index in [1.54, 1.807) is 0 Å². The van der Waals surface area contributed by atoms with E-state index >= 15 is 0 Å². The van der Waals surface area contributed by atoms with Gasteiger partial charge in [0.25, 0.3) is 0 Å². The number of hydrogen-bond acceptors (Lipinski definition) is 4. The lowest BCUT2D eigenvalue weighted by Crippen LogP contribution is -2.45. The van der Waals surface area contributed by atoms with Gasteiger partial charge in [-0.05, 0) is 38.8 Å². The lowest BCUT2D eigenvalue weighted by molar-refractivity contribution is 0.131. The van der Waals surface area contributed by atoms with E-state index in [0.29, 0.717) is 19.2 Å². The molecule has 2 unspecified atom stereocenters. The minimum atomic E-state index is -0.0243. The van der Waals surface area contributed by atoms with Gasteiger partial charge in [0.1, 0.15) is 0 Å². The molecule has 0 spiro atoms. The first-order valence-electron chi connectivity index (χ1n) is 9.59. The van der Waals surface area contributed by atoms with E-state index in [4.69, 9.17) is 9.73 Å². The molecule has 3 N–H and O–H groups in total. The summed E-state index contributed by atoms with van der Waals surface area (Å²) >= 11 is 0. The summed E-state index contributed by atoms with van der Waals surface area (Å²) in [7, 11) is 2.11. The van der Waals surface area contributed by atoms with E-state index in [2.05, 4.69) is 60.7 Å². The van der Waals surface area contributed by atoms with Crippen LogP contribution in [0.5, 0.6) is 0 Å². The van der Waals surface area contributed by atoms with Crippen molar-refractivity contribution in [1.82, 2.24) is 10.6 Å². The summed E-state index contributed by atoms with van der Waals surface area (Å²) in [5.41, 5.74) is 1.18. The van der Waals surface area contributed by atoms with Crippen LogP contribution in [-0.2, 0) is 4.74 Å². The number of likely N-dealkylation sites (N-methyl/N-ethyl adjacent to an activating group) is 1. The van der Waals surface area contributed by atoms with Crippen molar-refractivity contribution in [1.29, 1.82) is 0 Å². The molecule has 1 aromatic carbocycles. The van der Waals surface area contributed by atoms with Gasteiger partial charge in [0.15, 0.2) is 5.96 Å². The number of ether oxygens (including phenoxy) is 1. The summed E-state index contributed by atoms with van der Waals surface area (Å²) in [6.07, 6.45) is 1.70. The van der Waals surface area contributed by atoms with Gasteiger partial charge < -0.3 is 25.4 Å². The van der Waals surface area contributed by atoms with E-state index in [1.807, 2.05) is 6.07 Å². The fourth-order valence-electron chi connectivity index (χ4n) is 3.18. The Balaban J connectivity index is 1.92. The number of nitrogens with one attached hydrogen (secondary N) is 2. The number of guanidine groups is 1. The maximum absolute atomic E-state index is 9.37. The van der Waals surface area contributed by atoms with Gasteiger partial charge in [0.2, 0.25) is 0 Å². The average molecular weight is 363 g/mol. The van der Waals surface area contributed by atoms with Gasteiger partial charge >= 0.3 is 0 Å². The number of para-hydroxylation sites is 1. The topological polar surface area (TPSA) is 69.1 Å². The fourth-order valence-corrected chi connectivity index (χ4v) is 3.18. The Kier molecular flexibility index (Phi) is 8.19. The highest BCUT2D eigenvalue weighted by molar-refractivity contribution is 5.79. The predicted molar refractivity (Wildman–Crippen MR) is 108 cm³/mol. The molecule has 0 aromatic heterocycles. The van der Waals surface area contributed by atoms with Gasteiger partial charge in [-0.3, -0.25) is 4.99 Å². The van der Waals surface area contributed by atoms with Gasteiger partial charge in [0, 0.05) is 50.5 Å². The first-order chi connectivity index (χ1) is 12.6. The number of anilines is 1. The highest BCUT2D eigenvalue weighted by Gasteiger charge is 2.34. The second kappa shape index (κ2) is 10.4. The number of aliphatic hydroxyl groups is 1. The van der Waals surface area contributed by atoms with Crippen molar-refractivity contribution in [3.63, 3.8) is 0 Å². The average Bonchev–Trinajstić information content (AvgIpc) is 3.13. The van der Waals surface area contributed by atoms with Crippen LogP contribution in [0.4, 0.5) is 5.69 Å². The quantitative estimate of drug-likeness (QED) is 0.462. The molecule has 146 valence electrons. The molecule has 0 bridgehead atoms. The van der Waals surface area contributed by atoms with Crippen LogP contribution >= 0.6 is 0 Å². The molecule has 1 aliphatic rings. The van der Waals surface area contributed by atoms with Gasteiger partial charge in [0.05, 0.1) is 13.2 Å². The number of hydrogen-bond donors (Lipinski definition) is 3. The van der Waals surface area contributed by atoms with Gasteiger partial charge in [-0.1, -0.05) is 18.2 Å². The van der Waals surface area contributed by atoms with E-state index in [0.717, 1.165) is 38.5 Å². The molecule has 6 nitrogen and oxygen atoms in total. The van der Waals surface area contributed by atoms with Crippen LogP contribution in [0.1, 0.15) is 26.7 Å². The molecule has 1 aliphatic heterocycles. The first kappa shape index (κ1) is 20.5. The van der Waals surface area contributed by atoms with Gasteiger partial charge in [-0.25, -0.2) is 0 Å². The zero-order chi connectivity index (χ0) is 18.8. The number of rotatable bonds is 9. The maximum Gasteiger partial charge on any atom is 0.191 e. The predicted octanol–water partition coefficient (Wildman–Crippen LogP) is 1.86. The van der Waals surface area contributed by atoms with Crippen LogP contribution in [-0.4, -0.2) is 63.6 Å². The second-order valence-corrected chi connectivity index (χ2v) is 7.15. The van der Waals surface area contributed by atoms with Crippen molar-refractivity contribution < 1.29 is 9.84 Å². The third kappa shape index (κ3) is 5.88. The number of aliphatic hydroxyl groups excluding tert-OH is 1. The number of benzene rings is 1. The fraction of sp³-hybridized carbons (Fsp3) is 0.650. The second-order valence-electron chi connectivity index (χ2n) is 7.15. The Hall–Kier alpha value is -1.79. The van der Waals surface area contributed by atoms with Crippen LogP contribution in [0, 0.1) is 5.41 Å². The third-order valence-electron chi connectivity index (χ3n) is 5.13. The van der Waals surface area contributed by atoms with Crippen molar-refractivity contribution in [2.24, 2.45) is 10.4 Å². The van der Waals surface area contributed by atoms with Gasteiger partial charge in [-0.2, -0.15) is 0 Å². The molecule has 2 rings (SSSR count). The standard InChI is InChI=1S/C20H34N4O2/c1-4-21-19(23-15-20(10-12-25)11-13-26-16-20)22-14-17(2)24(3)18-8-6-5-7-9-18/h5-9,17,25H,4,10-16H2,1-3H3,(H2,21,22,23). The molecule has 0 radical (unpaired) electrons. The third-order valence-corrected chi connectivity index (χ3v) is 5.13. The Morgan fingerprint density at radius 1 is 1.35 bits per heavy atom. The largest absolute Gasteiger partial charge is 0.396 e. The maximum atomic E-state index is 9.37. The lowest BCUT2D eigenvalue weighted by Gasteiger charge is -2.28. The Labute approximate surface area is 157 Å². The summed E-state index contributed by atoms with van der Waals surface area (Å²) in [4.78, 5) is 7.03. The lowest BCUT2D eigenvalue weighted by atomic mass is 9.84. The normalized spacial score (nSPS) is 21.5. The highest BCUT2D eigenvalue weighted by atomic mass is 16.5. The molecule has 1 saturated heterocycles. The molecule has 0 saturated carbocycles. The Bertz CT molecular complexity index is 544. The molecule has 6 heteroatoms. The molecule has 2 atom stereocenters. The molecule has 1 heterocycles.